The number of hydrogen-bond donors (Lipinski definition) is 0. The number of Topliss-reactive ketones (excluding diaryl/α,β-unsaturated/α-hetero) is 1. The van der Waals surface area contributed by atoms with Gasteiger partial charge in [0.1, 0.15) is 17.3 Å². The molecule has 176 valence electrons. The number of nitriles is 1. The van der Waals surface area contributed by atoms with E-state index in [1.807, 2.05) is 77.4 Å². The predicted octanol–water partition coefficient (Wildman–Crippen LogP) is 5.86. The van der Waals surface area contributed by atoms with Crippen LogP contribution in [0.2, 0.25) is 0 Å². The largest absolute Gasteiger partial charge is 0.494 e. The molecule has 5 rings (SSSR count). The molecule has 0 aliphatic carbocycles. The predicted molar refractivity (Wildman–Crippen MR) is 141 cm³/mol. The van der Waals surface area contributed by atoms with Crippen LogP contribution in [-0.2, 0) is 17.6 Å². The van der Waals surface area contributed by atoms with Crippen molar-refractivity contribution in [3.8, 4) is 17.8 Å². The Kier molecular flexibility index (Phi) is 6.29. The molecule has 5 aromatic rings. The van der Waals surface area contributed by atoms with Crippen LogP contribution in [0.3, 0.4) is 0 Å². The Labute approximate surface area is 209 Å². The van der Waals surface area contributed by atoms with E-state index >= 15 is 0 Å². The second-order valence-corrected chi connectivity index (χ2v) is 8.50. The SMILES string of the molecule is COc1cccc2c(CCc3ccccc3)nc(-n3c(C=C(C#N)C(C)=O)cc4ccccc43)nc12. The normalized spacial score (nSPS) is 11.5. The van der Waals surface area contributed by atoms with Gasteiger partial charge in [-0.25, -0.2) is 9.97 Å². The summed E-state index contributed by atoms with van der Waals surface area (Å²) < 4.78 is 7.55. The van der Waals surface area contributed by atoms with Gasteiger partial charge in [-0.2, -0.15) is 5.26 Å². The first-order valence-corrected chi connectivity index (χ1v) is 11.7. The number of rotatable bonds is 7. The Hall–Kier alpha value is -4.76. The maximum atomic E-state index is 12.0. The minimum atomic E-state index is -0.293. The summed E-state index contributed by atoms with van der Waals surface area (Å²) in [7, 11) is 1.63. The fraction of sp³-hybridized carbons (Fsp3) is 0.133. The smallest absolute Gasteiger partial charge is 0.235 e. The molecule has 6 nitrogen and oxygen atoms in total. The zero-order valence-corrected chi connectivity index (χ0v) is 20.1. The Morgan fingerprint density at radius 1 is 1.00 bits per heavy atom. The van der Waals surface area contributed by atoms with Gasteiger partial charge in [0, 0.05) is 10.8 Å². The lowest BCUT2D eigenvalue weighted by Gasteiger charge is -2.14. The molecule has 0 unspecified atom stereocenters. The van der Waals surface area contributed by atoms with Crippen molar-refractivity contribution in [1.82, 2.24) is 14.5 Å². The average Bonchev–Trinajstić information content (AvgIpc) is 3.28. The average molecular weight is 473 g/mol. The van der Waals surface area contributed by atoms with Crippen molar-refractivity contribution in [2.45, 2.75) is 19.8 Å². The maximum Gasteiger partial charge on any atom is 0.235 e. The molecule has 0 bridgehead atoms. The Balaban J connectivity index is 1.75. The molecule has 0 radical (unpaired) electrons. The fourth-order valence-electron chi connectivity index (χ4n) is 4.41. The van der Waals surface area contributed by atoms with E-state index in [9.17, 15) is 10.1 Å². The van der Waals surface area contributed by atoms with Gasteiger partial charge >= 0.3 is 0 Å². The van der Waals surface area contributed by atoms with Crippen LogP contribution in [0.25, 0.3) is 33.8 Å². The van der Waals surface area contributed by atoms with Crippen molar-refractivity contribution in [2.75, 3.05) is 7.11 Å². The van der Waals surface area contributed by atoms with Crippen LogP contribution in [0.4, 0.5) is 0 Å². The molecule has 0 aliphatic rings. The topological polar surface area (TPSA) is 80.8 Å². The van der Waals surface area contributed by atoms with Crippen LogP contribution in [0.1, 0.15) is 23.9 Å². The molecule has 2 heterocycles. The van der Waals surface area contributed by atoms with E-state index in [4.69, 9.17) is 14.7 Å². The molecule has 36 heavy (non-hydrogen) atoms. The van der Waals surface area contributed by atoms with E-state index in [0.29, 0.717) is 29.3 Å². The second-order valence-electron chi connectivity index (χ2n) is 8.50. The zero-order valence-electron chi connectivity index (χ0n) is 20.1. The Morgan fingerprint density at radius 2 is 1.78 bits per heavy atom. The highest BCUT2D eigenvalue weighted by Gasteiger charge is 2.17. The standard InChI is InChI=1S/C30H24N4O2/c1-20(35)23(19-31)18-24-17-22-11-6-7-13-27(22)34(24)30-32-26(16-15-21-9-4-3-5-10-21)25-12-8-14-28(36-2)29(25)33-30/h3-14,17-18H,15-16H2,1-2H3. The first kappa shape index (κ1) is 23.0. The van der Waals surface area contributed by atoms with Gasteiger partial charge in [-0.15, -0.1) is 0 Å². The van der Waals surface area contributed by atoms with Crippen LogP contribution in [0, 0.1) is 11.3 Å². The highest BCUT2D eigenvalue weighted by Crippen LogP contribution is 2.30. The lowest BCUT2D eigenvalue weighted by molar-refractivity contribution is -0.113. The number of ketones is 1. The summed E-state index contributed by atoms with van der Waals surface area (Å²) >= 11 is 0. The molecule has 0 N–H and O–H groups in total. The molecule has 0 atom stereocenters. The second kappa shape index (κ2) is 9.85. The summed E-state index contributed by atoms with van der Waals surface area (Å²) in [6.07, 6.45) is 3.14. The highest BCUT2D eigenvalue weighted by atomic mass is 16.5. The number of methoxy groups -OCH3 is 1. The van der Waals surface area contributed by atoms with Gasteiger partial charge in [0.15, 0.2) is 5.78 Å². The first-order valence-electron chi connectivity index (χ1n) is 11.7. The van der Waals surface area contributed by atoms with Crippen molar-refractivity contribution in [3.05, 3.63) is 101 Å². The highest BCUT2D eigenvalue weighted by molar-refractivity contribution is 6.02. The van der Waals surface area contributed by atoms with E-state index < -0.39 is 0 Å². The molecule has 0 fully saturated rings. The molecular formula is C30H24N4O2. The van der Waals surface area contributed by atoms with Gasteiger partial charge in [0.05, 0.1) is 29.6 Å². The number of aromatic nitrogens is 3. The number of allylic oxidation sites excluding steroid dienone is 1. The number of ether oxygens (including phenoxy) is 1. The van der Waals surface area contributed by atoms with Crippen molar-refractivity contribution in [3.63, 3.8) is 0 Å². The molecule has 0 amide bonds. The van der Waals surface area contributed by atoms with Crippen LogP contribution in [-0.4, -0.2) is 27.4 Å². The lowest BCUT2D eigenvalue weighted by Crippen LogP contribution is -2.08. The summed E-state index contributed by atoms with van der Waals surface area (Å²) in [5.41, 5.74) is 4.45. The third kappa shape index (κ3) is 4.35. The summed E-state index contributed by atoms with van der Waals surface area (Å²) in [6.45, 7) is 1.39. The summed E-state index contributed by atoms with van der Waals surface area (Å²) in [4.78, 5) is 22.0. The van der Waals surface area contributed by atoms with E-state index in [1.54, 1.807) is 13.2 Å². The molecule has 2 aromatic heterocycles. The molecule has 6 heteroatoms. The molecular weight excluding hydrogens is 448 g/mol. The van der Waals surface area contributed by atoms with E-state index in [-0.39, 0.29) is 11.4 Å². The molecule has 0 saturated carbocycles. The van der Waals surface area contributed by atoms with Gasteiger partial charge in [0.25, 0.3) is 0 Å². The first-order chi connectivity index (χ1) is 17.6. The Bertz CT molecular complexity index is 1660. The molecule has 0 saturated heterocycles. The lowest BCUT2D eigenvalue weighted by atomic mass is 10.0. The number of nitrogens with zero attached hydrogens (tertiary/aromatic N) is 4. The van der Waals surface area contributed by atoms with Gasteiger partial charge in [-0.1, -0.05) is 60.7 Å². The van der Waals surface area contributed by atoms with Crippen molar-refractivity contribution in [2.24, 2.45) is 0 Å². The van der Waals surface area contributed by atoms with E-state index in [2.05, 4.69) is 12.1 Å². The van der Waals surface area contributed by atoms with Crippen molar-refractivity contribution < 1.29 is 9.53 Å². The van der Waals surface area contributed by atoms with Crippen LogP contribution >= 0.6 is 0 Å². The van der Waals surface area contributed by atoms with Crippen molar-refractivity contribution >= 4 is 33.7 Å². The fourth-order valence-corrected chi connectivity index (χ4v) is 4.41. The van der Waals surface area contributed by atoms with Crippen molar-refractivity contribution in [1.29, 1.82) is 5.26 Å². The van der Waals surface area contributed by atoms with E-state index in [1.165, 1.54) is 12.5 Å². The van der Waals surface area contributed by atoms with Gasteiger partial charge in [0.2, 0.25) is 5.95 Å². The number of aryl methyl sites for hydroxylation is 2. The van der Waals surface area contributed by atoms with Crippen LogP contribution in [0.15, 0.2) is 84.4 Å². The third-order valence-corrected chi connectivity index (χ3v) is 6.20. The molecule has 3 aromatic carbocycles. The summed E-state index contributed by atoms with van der Waals surface area (Å²) in [5.74, 6) is 0.828. The van der Waals surface area contributed by atoms with Gasteiger partial charge in [-0.05, 0) is 49.6 Å². The number of carbonyl (C=O) groups is 1. The summed E-state index contributed by atoms with van der Waals surface area (Å²) in [5, 5.41) is 11.4. The van der Waals surface area contributed by atoms with Crippen LogP contribution < -0.4 is 4.74 Å². The molecule has 0 spiro atoms. The minimum absolute atomic E-state index is 0.0710. The number of benzene rings is 3. The maximum absolute atomic E-state index is 12.0. The minimum Gasteiger partial charge on any atom is -0.494 e. The van der Waals surface area contributed by atoms with E-state index in [0.717, 1.165) is 28.4 Å². The van der Waals surface area contributed by atoms with Crippen LogP contribution in [0.5, 0.6) is 5.75 Å². The number of hydrogen-bond acceptors (Lipinski definition) is 5. The third-order valence-electron chi connectivity index (χ3n) is 6.20. The number of fused-ring (bicyclic) bond motifs is 2. The number of carbonyl (C=O) groups excluding carboxylic acids is 1. The van der Waals surface area contributed by atoms with Gasteiger partial charge < -0.3 is 4.74 Å². The molecule has 0 aliphatic heterocycles. The van der Waals surface area contributed by atoms with Gasteiger partial charge in [-0.3, -0.25) is 9.36 Å². The Morgan fingerprint density at radius 3 is 2.53 bits per heavy atom. The summed E-state index contributed by atoms with van der Waals surface area (Å²) in [6, 6.07) is 28.0. The zero-order chi connectivity index (χ0) is 25.1. The number of para-hydroxylation sites is 2. The monoisotopic (exact) mass is 472 g/mol. The quantitative estimate of drug-likeness (QED) is 0.219.